The molecule has 1 aliphatic rings. The summed E-state index contributed by atoms with van der Waals surface area (Å²) in [5.41, 5.74) is 1.37. The Kier molecular flexibility index (Phi) is 4.94. The van der Waals surface area contributed by atoms with Crippen LogP contribution in [-0.2, 0) is 6.54 Å². The van der Waals surface area contributed by atoms with E-state index in [1.54, 1.807) is 0 Å². The van der Waals surface area contributed by atoms with Crippen molar-refractivity contribution in [2.45, 2.75) is 51.5 Å². The normalized spacial score (nSPS) is 19.2. The minimum atomic E-state index is 0.916. The average Bonchev–Trinajstić information content (AvgIpc) is 2.73. The van der Waals surface area contributed by atoms with Crippen molar-refractivity contribution < 1.29 is 0 Å². The molecule has 0 unspecified atom stereocenters. The van der Waals surface area contributed by atoms with E-state index in [2.05, 4.69) is 22.6 Å². The molecule has 1 aromatic rings. The number of hydrogen-bond donors (Lipinski definition) is 2. The number of aromatic amines is 1. The lowest BCUT2D eigenvalue weighted by Gasteiger charge is -2.19. The van der Waals surface area contributed by atoms with Crippen molar-refractivity contribution in [1.29, 1.82) is 0 Å². The maximum atomic E-state index is 3.59. The van der Waals surface area contributed by atoms with E-state index in [9.17, 15) is 0 Å². The fourth-order valence-corrected chi connectivity index (χ4v) is 2.63. The van der Waals surface area contributed by atoms with Crippen molar-refractivity contribution in [2.75, 3.05) is 6.54 Å². The molecular formula is C14H24N2. The Hall–Kier alpha value is -0.760. The molecule has 1 saturated carbocycles. The maximum Gasteiger partial charge on any atom is 0.0220 e. The van der Waals surface area contributed by atoms with Gasteiger partial charge in [0.1, 0.15) is 0 Å². The maximum absolute atomic E-state index is 3.59. The van der Waals surface area contributed by atoms with Crippen LogP contribution in [0.1, 0.15) is 50.5 Å². The molecule has 0 amide bonds. The van der Waals surface area contributed by atoms with Gasteiger partial charge >= 0.3 is 0 Å². The summed E-state index contributed by atoms with van der Waals surface area (Å²) in [7, 11) is 0. The molecule has 1 fully saturated rings. The van der Waals surface area contributed by atoms with Gasteiger partial charge in [0.25, 0.3) is 0 Å². The van der Waals surface area contributed by atoms with E-state index in [1.165, 1.54) is 57.1 Å². The summed E-state index contributed by atoms with van der Waals surface area (Å²) in [4.78, 5) is 3.10. The highest BCUT2D eigenvalue weighted by Gasteiger charge is 2.10. The van der Waals surface area contributed by atoms with Gasteiger partial charge in [0.15, 0.2) is 0 Å². The minimum absolute atomic E-state index is 0.916. The Balaban J connectivity index is 1.64. The van der Waals surface area contributed by atoms with Gasteiger partial charge in [0.05, 0.1) is 0 Å². The van der Waals surface area contributed by atoms with Crippen LogP contribution in [0, 0.1) is 5.92 Å². The fraction of sp³-hybridized carbons (Fsp3) is 0.714. The Bertz CT molecular complexity index is 258. The van der Waals surface area contributed by atoms with E-state index < -0.39 is 0 Å². The van der Waals surface area contributed by atoms with Crippen molar-refractivity contribution >= 4 is 0 Å². The molecule has 1 aromatic heterocycles. The first kappa shape index (κ1) is 11.7. The van der Waals surface area contributed by atoms with Crippen molar-refractivity contribution in [3.63, 3.8) is 0 Å². The zero-order chi connectivity index (χ0) is 11.1. The van der Waals surface area contributed by atoms with Gasteiger partial charge in [0, 0.05) is 18.9 Å². The first-order valence-electron chi connectivity index (χ1n) is 6.77. The van der Waals surface area contributed by atoms with Gasteiger partial charge in [-0.25, -0.2) is 0 Å². The topological polar surface area (TPSA) is 27.8 Å². The molecule has 0 aliphatic heterocycles. The molecule has 2 heteroatoms. The van der Waals surface area contributed by atoms with Crippen molar-refractivity contribution in [3.8, 4) is 0 Å². The highest BCUT2D eigenvalue weighted by Crippen LogP contribution is 2.21. The predicted octanol–water partition coefficient (Wildman–Crippen LogP) is 3.46. The second kappa shape index (κ2) is 6.74. The second-order valence-corrected chi connectivity index (χ2v) is 5.06. The van der Waals surface area contributed by atoms with Crippen LogP contribution in [0.15, 0.2) is 18.5 Å². The largest absolute Gasteiger partial charge is 0.367 e. The van der Waals surface area contributed by atoms with Crippen molar-refractivity contribution in [1.82, 2.24) is 10.3 Å². The Labute approximate surface area is 98.8 Å². The van der Waals surface area contributed by atoms with Gasteiger partial charge in [-0.15, -0.1) is 0 Å². The molecule has 1 heterocycles. The summed E-state index contributed by atoms with van der Waals surface area (Å²) in [6, 6.07) is 2.14. The van der Waals surface area contributed by atoms with Gasteiger partial charge in [0.2, 0.25) is 0 Å². The van der Waals surface area contributed by atoms with Gasteiger partial charge in [-0.2, -0.15) is 0 Å². The average molecular weight is 220 g/mol. The Morgan fingerprint density at radius 2 is 1.88 bits per heavy atom. The molecule has 2 nitrogen and oxygen atoms in total. The van der Waals surface area contributed by atoms with Gasteiger partial charge in [-0.05, 0) is 36.9 Å². The summed E-state index contributed by atoms with van der Waals surface area (Å²) in [6.07, 6.45) is 14.2. The van der Waals surface area contributed by atoms with Crippen LogP contribution in [0.25, 0.3) is 0 Å². The zero-order valence-corrected chi connectivity index (χ0v) is 10.2. The third-order valence-corrected chi connectivity index (χ3v) is 3.65. The quantitative estimate of drug-likeness (QED) is 0.799. The summed E-state index contributed by atoms with van der Waals surface area (Å²) >= 11 is 0. The first-order chi connectivity index (χ1) is 7.95. The van der Waals surface area contributed by atoms with Crippen molar-refractivity contribution in [2.24, 2.45) is 5.92 Å². The van der Waals surface area contributed by atoms with Gasteiger partial charge in [-0.1, -0.05) is 32.1 Å². The number of hydrogen-bond acceptors (Lipinski definition) is 1. The third kappa shape index (κ3) is 4.01. The molecule has 1 aliphatic carbocycles. The summed E-state index contributed by atoms with van der Waals surface area (Å²) < 4.78 is 0. The number of H-pyrrole nitrogens is 1. The van der Waals surface area contributed by atoms with Crippen LogP contribution in [0.2, 0.25) is 0 Å². The van der Waals surface area contributed by atoms with Gasteiger partial charge < -0.3 is 10.3 Å². The molecule has 0 spiro atoms. The lowest BCUT2D eigenvalue weighted by atomic mass is 9.91. The van der Waals surface area contributed by atoms with E-state index in [-0.39, 0.29) is 0 Å². The molecule has 90 valence electrons. The van der Waals surface area contributed by atoms with Crippen LogP contribution in [0.3, 0.4) is 0 Å². The smallest absolute Gasteiger partial charge is 0.0220 e. The molecule has 16 heavy (non-hydrogen) atoms. The lowest BCUT2D eigenvalue weighted by molar-refractivity contribution is 0.361. The third-order valence-electron chi connectivity index (χ3n) is 3.65. The van der Waals surface area contributed by atoms with Crippen LogP contribution >= 0.6 is 0 Å². The van der Waals surface area contributed by atoms with Crippen LogP contribution in [0.4, 0.5) is 0 Å². The highest BCUT2D eigenvalue weighted by atomic mass is 14.9. The van der Waals surface area contributed by atoms with Crippen LogP contribution in [-0.4, -0.2) is 11.5 Å². The molecule has 0 bridgehead atoms. The predicted molar refractivity (Wildman–Crippen MR) is 68.3 cm³/mol. The zero-order valence-electron chi connectivity index (χ0n) is 10.2. The molecule has 0 aromatic carbocycles. The Morgan fingerprint density at radius 1 is 1.12 bits per heavy atom. The number of rotatable bonds is 4. The van der Waals surface area contributed by atoms with Crippen LogP contribution in [0.5, 0.6) is 0 Å². The lowest BCUT2D eigenvalue weighted by Crippen LogP contribution is -2.23. The summed E-state index contributed by atoms with van der Waals surface area (Å²) in [5, 5.41) is 3.59. The van der Waals surface area contributed by atoms with E-state index in [0.717, 1.165) is 12.5 Å². The molecule has 2 N–H and O–H groups in total. The summed E-state index contributed by atoms with van der Waals surface area (Å²) in [5.74, 6) is 0.916. The molecule has 0 saturated heterocycles. The standard InChI is InChI=1S/C14H24N2/c1-2-4-6-13(7-5-3-1)10-16-12-14-8-9-15-11-14/h8-9,11,13,15-16H,1-7,10,12H2. The molecule has 2 rings (SSSR count). The van der Waals surface area contributed by atoms with Gasteiger partial charge in [-0.3, -0.25) is 0 Å². The van der Waals surface area contributed by atoms with E-state index >= 15 is 0 Å². The Morgan fingerprint density at radius 3 is 2.56 bits per heavy atom. The number of aromatic nitrogens is 1. The monoisotopic (exact) mass is 220 g/mol. The molecule has 0 atom stereocenters. The minimum Gasteiger partial charge on any atom is -0.367 e. The number of nitrogens with one attached hydrogen (secondary N) is 2. The van der Waals surface area contributed by atoms with Crippen molar-refractivity contribution in [3.05, 3.63) is 24.0 Å². The summed E-state index contributed by atoms with van der Waals surface area (Å²) in [6.45, 7) is 2.21. The molecular weight excluding hydrogens is 196 g/mol. The van der Waals surface area contributed by atoms with Crippen LogP contribution < -0.4 is 5.32 Å². The first-order valence-corrected chi connectivity index (χ1v) is 6.77. The molecule has 0 radical (unpaired) electrons. The van der Waals surface area contributed by atoms with E-state index in [1.807, 2.05) is 6.20 Å². The highest BCUT2D eigenvalue weighted by molar-refractivity contribution is 5.07. The SMILES string of the molecule is c1cc(CNCC2CCCCCCC2)c[nH]1. The van der Waals surface area contributed by atoms with E-state index in [0.29, 0.717) is 0 Å². The fourth-order valence-electron chi connectivity index (χ4n) is 2.63. The van der Waals surface area contributed by atoms with E-state index in [4.69, 9.17) is 0 Å². The second-order valence-electron chi connectivity index (χ2n) is 5.06.